The van der Waals surface area contributed by atoms with Crippen LogP contribution < -0.4 is 0 Å². The van der Waals surface area contributed by atoms with Gasteiger partial charge in [0.2, 0.25) is 0 Å². The van der Waals surface area contributed by atoms with Gasteiger partial charge in [-0.3, -0.25) is 4.99 Å². The summed E-state index contributed by atoms with van der Waals surface area (Å²) in [5.74, 6) is 0.213. The molecule has 29 heavy (non-hydrogen) atoms. The number of benzene rings is 3. The lowest BCUT2D eigenvalue weighted by Crippen LogP contribution is -2.12. The first-order valence-corrected chi connectivity index (χ1v) is 10.4. The molecular formula is C25H26BrNO2. The van der Waals surface area contributed by atoms with E-state index in [2.05, 4.69) is 36.7 Å². The summed E-state index contributed by atoms with van der Waals surface area (Å²) in [4.78, 5) is 4.71. The van der Waals surface area contributed by atoms with E-state index in [0.717, 1.165) is 21.2 Å². The zero-order valence-corrected chi connectivity index (χ0v) is 18.5. The number of nitrogens with zero attached hydrogens (tertiary/aromatic N) is 1. The van der Waals surface area contributed by atoms with E-state index in [9.17, 15) is 10.2 Å². The van der Waals surface area contributed by atoms with E-state index >= 15 is 0 Å². The molecule has 150 valence electrons. The molecule has 2 N–H and O–H groups in total. The number of hydrogen-bond donors (Lipinski definition) is 2. The highest BCUT2D eigenvalue weighted by molar-refractivity contribution is 9.10. The lowest BCUT2D eigenvalue weighted by atomic mass is 9.85. The van der Waals surface area contributed by atoms with Crippen molar-refractivity contribution in [2.24, 2.45) is 4.99 Å². The molecule has 0 amide bonds. The van der Waals surface area contributed by atoms with Crippen LogP contribution in [0.5, 0.6) is 5.75 Å². The van der Waals surface area contributed by atoms with Crippen molar-refractivity contribution in [3.8, 4) is 5.75 Å². The summed E-state index contributed by atoms with van der Waals surface area (Å²) in [6, 6.07) is 22.5. The molecule has 0 bridgehead atoms. The van der Waals surface area contributed by atoms with Gasteiger partial charge in [-0.2, -0.15) is 0 Å². The summed E-state index contributed by atoms with van der Waals surface area (Å²) < 4.78 is 0.876. The third kappa shape index (κ3) is 5.14. The second kappa shape index (κ2) is 8.93. The number of phenolic OH excluding ortho intramolecular Hbond substituents is 1. The van der Waals surface area contributed by atoms with Gasteiger partial charge in [0.15, 0.2) is 0 Å². The molecule has 3 aromatic carbocycles. The van der Waals surface area contributed by atoms with Crippen LogP contribution in [-0.4, -0.2) is 16.4 Å². The monoisotopic (exact) mass is 451 g/mol. The number of aliphatic hydroxyl groups excluding tert-OH is 1. The van der Waals surface area contributed by atoms with Crippen LogP contribution in [-0.2, 0) is 5.41 Å². The molecule has 0 fully saturated rings. The van der Waals surface area contributed by atoms with Crippen LogP contribution in [0.25, 0.3) is 0 Å². The molecule has 0 saturated heterocycles. The molecule has 4 heteroatoms. The standard InChI is InChI=1S/C25H26BrNO2/c1-25(2,3)21-15-20(26)14-19(23(21)28)16-27-22(17-10-6-4-7-11-17)24(29)18-12-8-5-9-13-18/h4-16,22,24,28-29H,1-3H3/t22-,24+/m0/s1. The Morgan fingerprint density at radius 1 is 0.897 bits per heavy atom. The highest BCUT2D eigenvalue weighted by Crippen LogP contribution is 2.36. The van der Waals surface area contributed by atoms with Crippen molar-refractivity contribution < 1.29 is 10.2 Å². The van der Waals surface area contributed by atoms with Crippen LogP contribution in [0.1, 0.15) is 55.2 Å². The number of halogens is 1. The van der Waals surface area contributed by atoms with Gasteiger partial charge in [-0.05, 0) is 28.7 Å². The fourth-order valence-electron chi connectivity index (χ4n) is 3.28. The Bertz CT molecular complexity index is 979. The fourth-order valence-corrected chi connectivity index (χ4v) is 3.76. The normalized spacial score (nSPS) is 14.1. The third-order valence-corrected chi connectivity index (χ3v) is 5.33. The highest BCUT2D eigenvalue weighted by Gasteiger charge is 2.23. The number of rotatable bonds is 5. The Hall–Kier alpha value is -2.43. The second-order valence-electron chi connectivity index (χ2n) is 8.13. The van der Waals surface area contributed by atoms with Gasteiger partial charge >= 0.3 is 0 Å². The van der Waals surface area contributed by atoms with E-state index in [1.54, 1.807) is 6.21 Å². The van der Waals surface area contributed by atoms with Crippen molar-refractivity contribution in [3.63, 3.8) is 0 Å². The van der Waals surface area contributed by atoms with Gasteiger partial charge in [-0.1, -0.05) is 97.4 Å². The van der Waals surface area contributed by atoms with Crippen LogP contribution in [0.2, 0.25) is 0 Å². The number of phenols is 1. The minimum absolute atomic E-state index is 0.209. The molecule has 0 spiro atoms. The van der Waals surface area contributed by atoms with Crippen molar-refractivity contribution in [1.29, 1.82) is 0 Å². The van der Waals surface area contributed by atoms with Crippen molar-refractivity contribution in [1.82, 2.24) is 0 Å². The summed E-state index contributed by atoms with van der Waals surface area (Å²) in [5, 5.41) is 21.8. The van der Waals surface area contributed by atoms with Gasteiger partial charge in [0, 0.05) is 21.8 Å². The Morgan fingerprint density at radius 2 is 1.45 bits per heavy atom. The Morgan fingerprint density at radius 3 is 2.00 bits per heavy atom. The van der Waals surface area contributed by atoms with E-state index in [4.69, 9.17) is 4.99 Å². The second-order valence-corrected chi connectivity index (χ2v) is 9.05. The summed E-state index contributed by atoms with van der Waals surface area (Å²) in [6.45, 7) is 6.17. The molecule has 0 aromatic heterocycles. The molecule has 0 radical (unpaired) electrons. The maximum absolute atomic E-state index is 11.0. The van der Waals surface area contributed by atoms with Gasteiger partial charge in [0.25, 0.3) is 0 Å². The molecule has 3 rings (SSSR count). The molecule has 0 saturated carbocycles. The third-order valence-electron chi connectivity index (χ3n) is 4.87. The molecule has 0 aliphatic heterocycles. The lowest BCUT2D eigenvalue weighted by molar-refractivity contribution is 0.148. The van der Waals surface area contributed by atoms with E-state index in [1.165, 1.54) is 0 Å². The zero-order chi connectivity index (χ0) is 21.0. The van der Waals surface area contributed by atoms with Crippen molar-refractivity contribution in [2.45, 2.75) is 38.3 Å². The molecule has 0 unspecified atom stereocenters. The SMILES string of the molecule is CC(C)(C)c1cc(Br)cc(C=N[C@@H](c2ccccc2)[C@H](O)c2ccccc2)c1O. The van der Waals surface area contributed by atoms with E-state index in [0.29, 0.717) is 5.56 Å². The first kappa shape index (κ1) is 21.3. The Kier molecular flexibility index (Phi) is 6.56. The summed E-state index contributed by atoms with van der Waals surface area (Å²) in [5.41, 5.74) is 2.95. The fraction of sp³-hybridized carbons (Fsp3) is 0.240. The van der Waals surface area contributed by atoms with Crippen LogP contribution in [0.15, 0.2) is 82.3 Å². The minimum Gasteiger partial charge on any atom is -0.507 e. The van der Waals surface area contributed by atoms with Gasteiger partial charge in [-0.25, -0.2) is 0 Å². The maximum atomic E-state index is 11.0. The molecule has 2 atom stereocenters. The average Bonchev–Trinajstić information content (AvgIpc) is 2.70. The summed E-state index contributed by atoms with van der Waals surface area (Å²) in [7, 11) is 0. The highest BCUT2D eigenvalue weighted by atomic mass is 79.9. The Labute approximate surface area is 180 Å². The van der Waals surface area contributed by atoms with Crippen molar-refractivity contribution in [2.75, 3.05) is 0 Å². The van der Waals surface area contributed by atoms with Crippen LogP contribution in [0.4, 0.5) is 0 Å². The molecule has 0 heterocycles. The smallest absolute Gasteiger partial charge is 0.128 e. The first-order valence-electron chi connectivity index (χ1n) is 9.61. The minimum atomic E-state index is -0.800. The molecule has 3 aromatic rings. The first-order chi connectivity index (χ1) is 13.8. The predicted molar refractivity (Wildman–Crippen MR) is 123 cm³/mol. The van der Waals surface area contributed by atoms with Crippen molar-refractivity contribution in [3.05, 3.63) is 99.5 Å². The summed E-state index contributed by atoms with van der Waals surface area (Å²) in [6.07, 6.45) is 0.852. The van der Waals surface area contributed by atoms with Gasteiger partial charge in [0.05, 0.1) is 0 Å². The van der Waals surface area contributed by atoms with Crippen molar-refractivity contribution >= 4 is 22.1 Å². The predicted octanol–water partition coefficient (Wildman–Crippen LogP) is 6.35. The number of hydrogen-bond acceptors (Lipinski definition) is 3. The van der Waals surface area contributed by atoms with E-state index in [1.807, 2.05) is 72.8 Å². The largest absolute Gasteiger partial charge is 0.507 e. The van der Waals surface area contributed by atoms with Crippen LogP contribution >= 0.6 is 15.9 Å². The molecule has 3 nitrogen and oxygen atoms in total. The summed E-state index contributed by atoms with van der Waals surface area (Å²) >= 11 is 3.54. The number of aliphatic imine (C=N–C) groups is 1. The number of aromatic hydroxyl groups is 1. The van der Waals surface area contributed by atoms with E-state index in [-0.39, 0.29) is 11.2 Å². The lowest BCUT2D eigenvalue weighted by Gasteiger charge is -2.22. The number of aliphatic hydroxyl groups is 1. The Balaban J connectivity index is 2.03. The van der Waals surface area contributed by atoms with Crippen LogP contribution in [0.3, 0.4) is 0 Å². The topological polar surface area (TPSA) is 52.8 Å². The van der Waals surface area contributed by atoms with Crippen LogP contribution in [0, 0.1) is 0 Å². The zero-order valence-electron chi connectivity index (χ0n) is 16.9. The molecule has 0 aliphatic carbocycles. The van der Waals surface area contributed by atoms with Gasteiger partial charge in [0.1, 0.15) is 17.9 Å². The van der Waals surface area contributed by atoms with Gasteiger partial charge in [-0.15, -0.1) is 0 Å². The maximum Gasteiger partial charge on any atom is 0.128 e. The average molecular weight is 452 g/mol. The van der Waals surface area contributed by atoms with Gasteiger partial charge < -0.3 is 10.2 Å². The quantitative estimate of drug-likeness (QED) is 0.444. The molecular weight excluding hydrogens is 426 g/mol. The van der Waals surface area contributed by atoms with E-state index < -0.39 is 12.1 Å². The molecule has 0 aliphatic rings.